The van der Waals surface area contributed by atoms with E-state index in [2.05, 4.69) is 4.72 Å². The van der Waals surface area contributed by atoms with E-state index in [9.17, 15) is 18.3 Å². The molecule has 0 aliphatic carbocycles. The molecule has 1 saturated heterocycles. The van der Waals surface area contributed by atoms with E-state index in [1.807, 2.05) is 24.8 Å². The van der Waals surface area contributed by atoms with Gasteiger partial charge in [0.2, 0.25) is 0 Å². The van der Waals surface area contributed by atoms with Crippen molar-refractivity contribution in [3.8, 4) is 0 Å². The summed E-state index contributed by atoms with van der Waals surface area (Å²) >= 11 is 0. The van der Waals surface area contributed by atoms with Crippen LogP contribution in [0.15, 0.2) is 35.2 Å². The van der Waals surface area contributed by atoms with E-state index < -0.39 is 16.0 Å². The van der Waals surface area contributed by atoms with Gasteiger partial charge in [-0.3, -0.25) is 4.72 Å². The molecule has 2 aromatic carbocycles. The van der Waals surface area contributed by atoms with Crippen LogP contribution in [-0.2, 0) is 14.8 Å². The molecular weight excluding hydrogens is 380 g/mol. The average Bonchev–Trinajstić information content (AvgIpc) is 2.65. The van der Waals surface area contributed by atoms with Crippen LogP contribution < -0.4 is 9.62 Å². The summed E-state index contributed by atoms with van der Waals surface area (Å²) in [6.07, 6.45) is 0. The molecule has 150 valence electrons. The van der Waals surface area contributed by atoms with E-state index in [1.54, 1.807) is 25.1 Å². The number of carboxylic acid groups (broad SMARTS) is 1. The number of sulfonamides is 1. The second-order valence-electron chi connectivity index (χ2n) is 6.94. The van der Waals surface area contributed by atoms with Gasteiger partial charge >= 0.3 is 5.97 Å². The number of morpholine rings is 1. The third-order valence-electron chi connectivity index (χ3n) is 4.91. The first-order valence-corrected chi connectivity index (χ1v) is 10.5. The van der Waals surface area contributed by atoms with Crippen LogP contribution in [0.25, 0.3) is 0 Å². The fourth-order valence-corrected chi connectivity index (χ4v) is 4.65. The Balaban J connectivity index is 1.95. The summed E-state index contributed by atoms with van der Waals surface area (Å²) in [4.78, 5) is 13.9. The molecule has 8 heteroatoms. The van der Waals surface area contributed by atoms with Crippen LogP contribution in [0.3, 0.4) is 0 Å². The molecule has 2 N–H and O–H groups in total. The lowest BCUT2D eigenvalue weighted by atomic mass is 10.1. The zero-order valence-electron chi connectivity index (χ0n) is 16.2. The number of rotatable bonds is 5. The zero-order chi connectivity index (χ0) is 20.5. The van der Waals surface area contributed by atoms with Gasteiger partial charge in [0.25, 0.3) is 10.0 Å². The predicted molar refractivity (Wildman–Crippen MR) is 108 cm³/mol. The maximum absolute atomic E-state index is 12.9. The summed E-state index contributed by atoms with van der Waals surface area (Å²) in [5.74, 6) is -1.11. The van der Waals surface area contributed by atoms with Gasteiger partial charge in [-0.2, -0.15) is 0 Å². The van der Waals surface area contributed by atoms with Gasteiger partial charge in [0.1, 0.15) is 0 Å². The molecule has 0 amide bonds. The first-order chi connectivity index (χ1) is 13.2. The van der Waals surface area contributed by atoms with Crippen molar-refractivity contribution >= 4 is 27.4 Å². The van der Waals surface area contributed by atoms with Crippen LogP contribution in [0.5, 0.6) is 0 Å². The summed E-state index contributed by atoms with van der Waals surface area (Å²) in [6, 6.07) is 8.05. The number of nitrogens with zero attached hydrogens (tertiary/aromatic N) is 1. The number of anilines is 2. The van der Waals surface area contributed by atoms with Crippen LogP contribution >= 0.6 is 0 Å². The fourth-order valence-electron chi connectivity index (χ4n) is 3.28. The van der Waals surface area contributed by atoms with Gasteiger partial charge in [0, 0.05) is 18.8 Å². The summed E-state index contributed by atoms with van der Waals surface area (Å²) in [5.41, 5.74) is 3.35. The van der Waals surface area contributed by atoms with Crippen molar-refractivity contribution in [2.24, 2.45) is 0 Å². The molecule has 1 heterocycles. The van der Waals surface area contributed by atoms with Crippen LogP contribution in [0.2, 0.25) is 0 Å². The van der Waals surface area contributed by atoms with Gasteiger partial charge in [-0.15, -0.1) is 0 Å². The normalized spacial score (nSPS) is 14.8. The lowest BCUT2D eigenvalue weighted by Crippen LogP contribution is -2.37. The monoisotopic (exact) mass is 404 g/mol. The molecule has 1 fully saturated rings. The van der Waals surface area contributed by atoms with E-state index in [0.29, 0.717) is 37.6 Å². The first-order valence-electron chi connectivity index (χ1n) is 9.00. The number of carbonyl (C=O) groups is 1. The molecule has 0 atom stereocenters. The molecule has 0 unspecified atom stereocenters. The van der Waals surface area contributed by atoms with Gasteiger partial charge in [-0.05, 0) is 61.7 Å². The van der Waals surface area contributed by atoms with E-state index >= 15 is 0 Å². The summed E-state index contributed by atoms with van der Waals surface area (Å²) < 4.78 is 33.6. The molecule has 0 aromatic heterocycles. The van der Waals surface area contributed by atoms with Crippen molar-refractivity contribution in [2.75, 3.05) is 35.9 Å². The lowest BCUT2D eigenvalue weighted by molar-refractivity contribution is 0.0696. The Morgan fingerprint density at radius 3 is 2.32 bits per heavy atom. The fraction of sp³-hybridized carbons (Fsp3) is 0.350. The third kappa shape index (κ3) is 4.13. The van der Waals surface area contributed by atoms with Crippen LogP contribution in [0.1, 0.15) is 27.0 Å². The number of hydrogen-bond donors (Lipinski definition) is 2. The highest BCUT2D eigenvalue weighted by Gasteiger charge is 2.22. The standard InChI is InChI=1S/C20H24N2O5S/c1-13-10-15(3)19(11-14(13)2)28(25,26)21-16-4-5-18(17(12-16)20(23)24)22-6-8-27-9-7-22/h4-5,10-12,21H,6-9H2,1-3H3,(H,23,24). The molecular formula is C20H24N2O5S. The first kappa shape index (κ1) is 20.2. The second-order valence-corrected chi connectivity index (χ2v) is 8.59. The summed E-state index contributed by atoms with van der Waals surface area (Å²) in [5, 5.41) is 9.61. The second kappa shape index (κ2) is 7.81. The van der Waals surface area contributed by atoms with Crippen molar-refractivity contribution in [3.63, 3.8) is 0 Å². The zero-order valence-corrected chi connectivity index (χ0v) is 17.0. The lowest BCUT2D eigenvalue weighted by Gasteiger charge is -2.30. The Kier molecular flexibility index (Phi) is 5.62. The number of nitrogens with one attached hydrogen (secondary N) is 1. The van der Waals surface area contributed by atoms with E-state index in [0.717, 1.165) is 11.1 Å². The average molecular weight is 404 g/mol. The Morgan fingerprint density at radius 1 is 1.04 bits per heavy atom. The SMILES string of the molecule is Cc1cc(C)c(S(=O)(=O)Nc2ccc(N3CCOCC3)c(C(=O)O)c2)cc1C. The van der Waals surface area contributed by atoms with Gasteiger partial charge in [0.15, 0.2) is 0 Å². The highest BCUT2D eigenvalue weighted by molar-refractivity contribution is 7.92. The third-order valence-corrected chi connectivity index (χ3v) is 6.44. The Hall–Kier alpha value is -2.58. The molecule has 0 spiro atoms. The molecule has 1 aliphatic heterocycles. The number of benzene rings is 2. The number of hydrogen-bond acceptors (Lipinski definition) is 5. The van der Waals surface area contributed by atoms with Crippen LogP contribution in [-0.4, -0.2) is 45.8 Å². The van der Waals surface area contributed by atoms with Gasteiger partial charge in [0.05, 0.1) is 29.4 Å². The van der Waals surface area contributed by atoms with Gasteiger partial charge in [-0.25, -0.2) is 13.2 Å². The van der Waals surface area contributed by atoms with E-state index in [4.69, 9.17) is 4.74 Å². The summed E-state index contributed by atoms with van der Waals surface area (Å²) in [6.45, 7) is 7.76. The largest absolute Gasteiger partial charge is 0.478 e. The van der Waals surface area contributed by atoms with Crippen molar-refractivity contribution in [2.45, 2.75) is 25.7 Å². The predicted octanol–water partition coefficient (Wildman–Crippen LogP) is 2.95. The Morgan fingerprint density at radius 2 is 1.68 bits per heavy atom. The Bertz CT molecular complexity index is 1010. The van der Waals surface area contributed by atoms with Gasteiger partial charge < -0.3 is 14.7 Å². The molecule has 3 rings (SSSR count). The number of aromatic carboxylic acids is 1. The van der Waals surface area contributed by atoms with E-state index in [1.165, 1.54) is 6.07 Å². The molecule has 2 aromatic rings. The minimum absolute atomic E-state index is 0.0545. The number of aryl methyl sites for hydroxylation is 3. The molecule has 0 radical (unpaired) electrons. The highest BCUT2D eigenvalue weighted by Crippen LogP contribution is 2.28. The van der Waals surface area contributed by atoms with Gasteiger partial charge in [-0.1, -0.05) is 6.07 Å². The van der Waals surface area contributed by atoms with Crippen molar-refractivity contribution in [1.82, 2.24) is 0 Å². The molecule has 0 saturated carbocycles. The number of carboxylic acids is 1. The highest BCUT2D eigenvalue weighted by atomic mass is 32.2. The summed E-state index contributed by atoms with van der Waals surface area (Å²) in [7, 11) is -3.84. The van der Waals surface area contributed by atoms with Crippen molar-refractivity contribution in [1.29, 1.82) is 0 Å². The maximum Gasteiger partial charge on any atom is 0.337 e. The topological polar surface area (TPSA) is 95.9 Å². The molecule has 1 aliphatic rings. The molecule has 0 bridgehead atoms. The maximum atomic E-state index is 12.9. The minimum Gasteiger partial charge on any atom is -0.478 e. The molecule has 28 heavy (non-hydrogen) atoms. The van der Waals surface area contributed by atoms with Crippen LogP contribution in [0, 0.1) is 20.8 Å². The van der Waals surface area contributed by atoms with E-state index in [-0.39, 0.29) is 16.1 Å². The van der Waals surface area contributed by atoms with Crippen LogP contribution in [0.4, 0.5) is 11.4 Å². The minimum atomic E-state index is -3.84. The quantitative estimate of drug-likeness (QED) is 0.795. The smallest absolute Gasteiger partial charge is 0.337 e. The van der Waals surface area contributed by atoms with Crippen molar-refractivity contribution < 1.29 is 23.1 Å². The Labute approximate surface area is 165 Å². The molecule has 7 nitrogen and oxygen atoms in total. The number of ether oxygens (including phenoxy) is 1. The van der Waals surface area contributed by atoms with Crippen molar-refractivity contribution in [3.05, 3.63) is 52.6 Å².